The Morgan fingerprint density at radius 2 is 1.96 bits per heavy atom. The molecule has 1 aliphatic heterocycles. The first-order chi connectivity index (χ1) is 10.8. The van der Waals surface area contributed by atoms with Crippen molar-refractivity contribution in [1.29, 1.82) is 0 Å². The van der Waals surface area contributed by atoms with Crippen molar-refractivity contribution in [3.63, 3.8) is 0 Å². The molecule has 1 aliphatic rings. The first-order valence-corrected chi connectivity index (χ1v) is 8.78. The van der Waals surface area contributed by atoms with Crippen LogP contribution in [0.4, 0.5) is 0 Å². The number of hydrogen-bond donors (Lipinski definition) is 1. The van der Waals surface area contributed by atoms with Gasteiger partial charge in [-0.2, -0.15) is 4.31 Å². The Balaban J connectivity index is 2.42. The van der Waals surface area contributed by atoms with Gasteiger partial charge in [-0.1, -0.05) is 23.2 Å². The number of benzene rings is 1. The van der Waals surface area contributed by atoms with Crippen LogP contribution >= 0.6 is 23.2 Å². The predicted octanol–water partition coefficient (Wildman–Crippen LogP) is 1.05. The molecular weight excluding hydrogens is 367 g/mol. The van der Waals surface area contributed by atoms with Gasteiger partial charge in [0.2, 0.25) is 15.9 Å². The number of hydrogen-bond acceptors (Lipinski definition) is 5. The third-order valence-corrected chi connectivity index (χ3v) is 5.63. The highest BCUT2D eigenvalue weighted by Crippen LogP contribution is 2.27. The fourth-order valence-electron chi connectivity index (χ4n) is 2.23. The Morgan fingerprint density at radius 3 is 2.52 bits per heavy atom. The summed E-state index contributed by atoms with van der Waals surface area (Å²) in [5, 5.41) is 2.84. The van der Waals surface area contributed by atoms with Crippen molar-refractivity contribution in [2.24, 2.45) is 0 Å². The number of ether oxygens (including phenoxy) is 1. The molecular formula is C13H14Cl2N2O5S. The highest BCUT2D eigenvalue weighted by atomic mass is 35.5. The van der Waals surface area contributed by atoms with Gasteiger partial charge < -0.3 is 10.1 Å². The smallest absolute Gasteiger partial charge is 0.307 e. The molecule has 0 bridgehead atoms. The van der Waals surface area contributed by atoms with Gasteiger partial charge in [-0.05, 0) is 18.2 Å². The largest absolute Gasteiger partial charge is 0.469 e. The Kier molecular flexibility index (Phi) is 5.51. The van der Waals surface area contributed by atoms with E-state index in [2.05, 4.69) is 10.1 Å². The lowest BCUT2D eigenvalue weighted by Gasteiger charge is -2.33. The van der Waals surface area contributed by atoms with Gasteiger partial charge in [-0.25, -0.2) is 8.42 Å². The van der Waals surface area contributed by atoms with Crippen molar-refractivity contribution in [3.8, 4) is 0 Å². The minimum absolute atomic E-state index is 0.0276. The van der Waals surface area contributed by atoms with E-state index in [9.17, 15) is 18.0 Å². The summed E-state index contributed by atoms with van der Waals surface area (Å²) in [6.07, 6.45) is -0.379. The van der Waals surface area contributed by atoms with Crippen LogP contribution in [-0.2, 0) is 24.3 Å². The van der Waals surface area contributed by atoms with Gasteiger partial charge in [0.25, 0.3) is 0 Å². The number of amides is 1. The predicted molar refractivity (Wildman–Crippen MR) is 83.8 cm³/mol. The number of halogens is 2. The average molecular weight is 381 g/mol. The molecule has 0 spiro atoms. The number of methoxy groups -OCH3 is 1. The molecule has 2 rings (SSSR count). The fourth-order valence-corrected chi connectivity index (χ4v) is 4.54. The van der Waals surface area contributed by atoms with Crippen LogP contribution in [0, 0.1) is 0 Å². The molecule has 1 N–H and O–H groups in total. The van der Waals surface area contributed by atoms with Gasteiger partial charge in [-0.3, -0.25) is 9.59 Å². The monoisotopic (exact) mass is 380 g/mol. The normalized spacial score (nSPS) is 19.3. The Bertz CT molecular complexity index is 718. The number of nitrogens with one attached hydrogen (secondary N) is 1. The van der Waals surface area contributed by atoms with Crippen LogP contribution in [0.2, 0.25) is 10.0 Å². The molecule has 0 radical (unpaired) electrons. The molecule has 0 aliphatic carbocycles. The zero-order valence-electron chi connectivity index (χ0n) is 12.1. The number of esters is 1. The molecule has 1 atom stereocenters. The summed E-state index contributed by atoms with van der Waals surface area (Å²) in [5.41, 5.74) is 0. The lowest BCUT2D eigenvalue weighted by molar-refractivity contribution is -0.144. The van der Waals surface area contributed by atoms with E-state index in [-0.39, 0.29) is 34.5 Å². The first-order valence-electron chi connectivity index (χ1n) is 6.58. The number of rotatable bonds is 4. The number of nitrogens with zero attached hydrogens (tertiary/aromatic N) is 1. The molecule has 1 saturated heterocycles. The van der Waals surface area contributed by atoms with E-state index in [1.807, 2.05) is 0 Å². The molecule has 7 nitrogen and oxygen atoms in total. The maximum atomic E-state index is 12.8. The van der Waals surface area contributed by atoms with Crippen LogP contribution in [0.25, 0.3) is 0 Å². The summed E-state index contributed by atoms with van der Waals surface area (Å²) in [6, 6.07) is 2.70. The lowest BCUT2D eigenvalue weighted by Crippen LogP contribution is -2.57. The van der Waals surface area contributed by atoms with E-state index >= 15 is 0 Å². The Hall–Kier alpha value is -1.35. The molecule has 1 aromatic rings. The van der Waals surface area contributed by atoms with Crippen molar-refractivity contribution >= 4 is 45.1 Å². The second-order valence-electron chi connectivity index (χ2n) is 4.81. The minimum atomic E-state index is -4.05. The van der Waals surface area contributed by atoms with E-state index in [1.165, 1.54) is 25.3 Å². The molecule has 1 amide bonds. The average Bonchev–Trinajstić information content (AvgIpc) is 2.48. The number of piperazine rings is 1. The van der Waals surface area contributed by atoms with Crippen molar-refractivity contribution in [2.75, 3.05) is 20.2 Å². The van der Waals surface area contributed by atoms with E-state index in [0.29, 0.717) is 0 Å². The molecule has 1 heterocycles. The number of carbonyl (C=O) groups is 2. The SMILES string of the molecule is COC(=O)C[C@H]1C(=O)NCCN1S(=O)(=O)c1cc(Cl)cc(Cl)c1. The molecule has 0 aromatic heterocycles. The molecule has 0 unspecified atom stereocenters. The molecule has 23 heavy (non-hydrogen) atoms. The summed E-state index contributed by atoms with van der Waals surface area (Å²) < 4.78 is 31.1. The number of sulfonamides is 1. The van der Waals surface area contributed by atoms with E-state index in [1.54, 1.807) is 0 Å². The van der Waals surface area contributed by atoms with Crippen LogP contribution in [0.5, 0.6) is 0 Å². The quantitative estimate of drug-likeness (QED) is 0.787. The van der Waals surface area contributed by atoms with Crippen molar-refractivity contribution < 1.29 is 22.7 Å². The van der Waals surface area contributed by atoms with Crippen LogP contribution in [0.3, 0.4) is 0 Å². The van der Waals surface area contributed by atoms with Crippen molar-refractivity contribution in [1.82, 2.24) is 9.62 Å². The molecule has 0 saturated carbocycles. The summed E-state index contributed by atoms with van der Waals surface area (Å²) in [6.45, 7) is 0.171. The van der Waals surface area contributed by atoms with Crippen molar-refractivity contribution in [3.05, 3.63) is 28.2 Å². The van der Waals surface area contributed by atoms with Crippen LogP contribution in [-0.4, -0.2) is 50.8 Å². The first kappa shape index (κ1) is 18.0. The minimum Gasteiger partial charge on any atom is -0.469 e. The Labute approximate surface area is 143 Å². The van der Waals surface area contributed by atoms with Crippen LogP contribution in [0.15, 0.2) is 23.1 Å². The summed E-state index contributed by atoms with van der Waals surface area (Å²) in [4.78, 5) is 23.3. The van der Waals surface area contributed by atoms with Gasteiger partial charge in [0.05, 0.1) is 18.4 Å². The van der Waals surface area contributed by atoms with E-state index < -0.39 is 27.9 Å². The zero-order chi connectivity index (χ0) is 17.2. The number of carbonyl (C=O) groups excluding carboxylic acids is 2. The topological polar surface area (TPSA) is 92.8 Å². The Morgan fingerprint density at radius 1 is 1.35 bits per heavy atom. The summed E-state index contributed by atoms with van der Waals surface area (Å²) in [5.74, 6) is -1.24. The van der Waals surface area contributed by atoms with Gasteiger partial charge in [0.1, 0.15) is 6.04 Å². The van der Waals surface area contributed by atoms with Crippen molar-refractivity contribution in [2.45, 2.75) is 17.4 Å². The highest BCUT2D eigenvalue weighted by molar-refractivity contribution is 7.89. The second-order valence-corrected chi connectivity index (χ2v) is 7.57. The van der Waals surface area contributed by atoms with E-state index in [4.69, 9.17) is 23.2 Å². The molecule has 1 fully saturated rings. The molecule has 1 aromatic carbocycles. The zero-order valence-corrected chi connectivity index (χ0v) is 14.4. The maximum Gasteiger partial charge on any atom is 0.307 e. The van der Waals surface area contributed by atoms with E-state index in [0.717, 1.165) is 4.31 Å². The second kappa shape index (κ2) is 7.04. The third kappa shape index (κ3) is 3.95. The lowest BCUT2D eigenvalue weighted by atomic mass is 10.1. The molecule has 126 valence electrons. The van der Waals surface area contributed by atoms with Crippen LogP contribution in [0.1, 0.15) is 6.42 Å². The molecule has 10 heteroatoms. The third-order valence-electron chi connectivity index (χ3n) is 3.31. The summed E-state index contributed by atoms with van der Waals surface area (Å²) >= 11 is 11.7. The summed E-state index contributed by atoms with van der Waals surface area (Å²) in [7, 11) is -2.88. The van der Waals surface area contributed by atoms with Gasteiger partial charge in [0.15, 0.2) is 0 Å². The maximum absolute atomic E-state index is 12.8. The van der Waals surface area contributed by atoms with Gasteiger partial charge in [-0.15, -0.1) is 0 Å². The van der Waals surface area contributed by atoms with Crippen LogP contribution < -0.4 is 5.32 Å². The standard InChI is InChI=1S/C13H14Cl2N2O5S/c1-22-12(18)7-11-13(19)16-2-3-17(11)23(20,21)10-5-8(14)4-9(15)6-10/h4-6,11H,2-3,7H2,1H3,(H,16,19)/t11-/m0/s1. The fraction of sp³-hybridized carbons (Fsp3) is 0.385. The highest BCUT2D eigenvalue weighted by Gasteiger charge is 2.40. The van der Waals surface area contributed by atoms with Gasteiger partial charge >= 0.3 is 5.97 Å². The van der Waals surface area contributed by atoms with Gasteiger partial charge in [0, 0.05) is 23.1 Å².